The molecule has 0 aliphatic rings. The summed E-state index contributed by atoms with van der Waals surface area (Å²) < 4.78 is 78.9. The van der Waals surface area contributed by atoms with Crippen molar-refractivity contribution >= 4 is 12.4 Å². The number of benzene rings is 2. The molecule has 33 heavy (non-hydrogen) atoms. The quantitative estimate of drug-likeness (QED) is 0.417. The highest BCUT2D eigenvalue weighted by atomic mass is 35.5. The highest BCUT2D eigenvalue weighted by molar-refractivity contribution is 5.85. The Morgan fingerprint density at radius 1 is 0.939 bits per heavy atom. The first-order valence-electron chi connectivity index (χ1n) is 13.7. The van der Waals surface area contributed by atoms with Crippen LogP contribution in [0.1, 0.15) is 40.8 Å². The van der Waals surface area contributed by atoms with E-state index in [1.807, 2.05) is 23.1 Å². The lowest BCUT2D eigenvalue weighted by atomic mass is 9.70. The van der Waals surface area contributed by atoms with Gasteiger partial charge in [0.15, 0.2) is 23.0 Å². The Morgan fingerprint density at radius 3 is 2.06 bits per heavy atom. The maximum atomic E-state index is 10.5. The molecular weight excluding hydrogens is 440 g/mol. The first-order valence-corrected chi connectivity index (χ1v) is 10.2. The second-order valence-corrected chi connectivity index (χ2v) is 7.45. The number of ether oxygens (including phenoxy) is 4. The third-order valence-electron chi connectivity index (χ3n) is 5.59. The fourth-order valence-corrected chi connectivity index (χ4v) is 3.52. The molecule has 0 aliphatic heterocycles. The predicted octanol–water partition coefficient (Wildman–Crippen LogP) is 5.12. The topological polar surface area (TPSA) is 64.0 Å². The van der Waals surface area contributed by atoms with Gasteiger partial charge in [-0.15, -0.1) is 12.4 Å². The van der Waals surface area contributed by atoms with Gasteiger partial charge in [-0.25, -0.2) is 0 Å². The third-order valence-corrected chi connectivity index (χ3v) is 5.59. The van der Waals surface area contributed by atoms with Crippen LogP contribution in [0.2, 0.25) is 0 Å². The number of methoxy groups -OCH3 is 4. The summed E-state index contributed by atoms with van der Waals surface area (Å²) in [6, 6.07) is 11.8. The highest BCUT2D eigenvalue weighted by Gasteiger charge is 2.36. The molecular formula is C26H37ClN2O4. The van der Waals surface area contributed by atoms with E-state index in [2.05, 4.69) is 0 Å². The van der Waals surface area contributed by atoms with Gasteiger partial charge in [-0.1, -0.05) is 25.8 Å². The number of nitriles is 1. The van der Waals surface area contributed by atoms with Crippen LogP contribution in [-0.2, 0) is 11.8 Å². The average molecular weight is 484 g/mol. The van der Waals surface area contributed by atoms with E-state index in [1.165, 1.54) is 32.4 Å². The largest absolute Gasteiger partial charge is 0.493 e. The third kappa shape index (κ3) is 6.69. The van der Waals surface area contributed by atoms with Gasteiger partial charge in [0, 0.05) is 16.1 Å². The second-order valence-electron chi connectivity index (χ2n) is 7.45. The summed E-state index contributed by atoms with van der Waals surface area (Å²) in [4.78, 5) is 1.86. The van der Waals surface area contributed by atoms with Gasteiger partial charge in [0.1, 0.15) is 0 Å². The van der Waals surface area contributed by atoms with Crippen LogP contribution in [0.5, 0.6) is 23.0 Å². The Balaban J connectivity index is 0.00000800. The smallest absolute Gasteiger partial charge is 0.161 e. The summed E-state index contributed by atoms with van der Waals surface area (Å²) >= 11 is 0. The minimum atomic E-state index is -3.32. The molecule has 0 fully saturated rings. The molecule has 0 saturated carbocycles. The van der Waals surface area contributed by atoms with Gasteiger partial charge in [0.05, 0.1) is 39.9 Å². The monoisotopic (exact) mass is 483 g/mol. The molecule has 6 nitrogen and oxygen atoms in total. The first kappa shape index (κ1) is 18.8. The van der Waals surface area contributed by atoms with E-state index < -0.39 is 25.0 Å². The van der Waals surface area contributed by atoms with Crippen molar-refractivity contribution in [1.29, 1.82) is 5.26 Å². The summed E-state index contributed by atoms with van der Waals surface area (Å²) in [6.07, 6.45) is 0.360. The molecule has 0 bridgehead atoms. The van der Waals surface area contributed by atoms with Crippen molar-refractivity contribution in [3.8, 4) is 29.1 Å². The van der Waals surface area contributed by atoms with Crippen LogP contribution < -0.4 is 18.9 Å². The van der Waals surface area contributed by atoms with E-state index in [9.17, 15) is 5.26 Å². The second kappa shape index (κ2) is 13.2. The van der Waals surface area contributed by atoms with Crippen LogP contribution in [0.25, 0.3) is 0 Å². The molecule has 0 aromatic heterocycles. The molecule has 0 saturated heterocycles. The molecule has 0 N–H and O–H groups in total. The number of hydrogen-bond acceptors (Lipinski definition) is 6. The Bertz CT molecular complexity index is 1160. The van der Waals surface area contributed by atoms with Crippen LogP contribution in [0.4, 0.5) is 0 Å². The van der Waals surface area contributed by atoms with Gasteiger partial charge >= 0.3 is 0 Å². The van der Waals surface area contributed by atoms with E-state index >= 15 is 0 Å². The molecule has 1 atom stereocenters. The molecule has 0 heterocycles. The number of hydrogen-bond donors (Lipinski definition) is 0. The van der Waals surface area contributed by atoms with E-state index in [4.69, 9.17) is 28.5 Å². The molecule has 0 aliphatic carbocycles. The lowest BCUT2D eigenvalue weighted by molar-refractivity contribution is 0.272. The summed E-state index contributed by atoms with van der Waals surface area (Å²) in [5, 5.41) is 10.5. The Labute approximate surface area is 214 Å². The van der Waals surface area contributed by atoms with Gasteiger partial charge in [0.2, 0.25) is 0 Å². The Morgan fingerprint density at radius 2 is 1.52 bits per heavy atom. The van der Waals surface area contributed by atoms with Crippen LogP contribution in [0.3, 0.4) is 0 Å². The number of rotatable bonds is 12. The SMILES string of the molecule is Cl.[2H]C([2H])([2H])C([2H])(C([2H])([2H])[2H])C(C#N)(CCN(C)CCc1ccc(OC)c(OC)c1)c1ccc(OC)c(OC)c1. The van der Waals surface area contributed by atoms with Crippen molar-refractivity contribution < 1.29 is 28.5 Å². The first-order chi connectivity index (χ1) is 18.1. The van der Waals surface area contributed by atoms with Crippen molar-refractivity contribution in [2.45, 2.75) is 32.0 Å². The molecule has 1 unspecified atom stereocenters. The van der Waals surface area contributed by atoms with Crippen LogP contribution in [-0.4, -0.2) is 53.5 Å². The molecule has 2 aromatic carbocycles. The van der Waals surface area contributed by atoms with E-state index in [0.717, 1.165) is 5.56 Å². The summed E-state index contributed by atoms with van der Waals surface area (Å²) in [7, 11) is 7.68. The summed E-state index contributed by atoms with van der Waals surface area (Å²) in [5.74, 6) is -1.45. The van der Waals surface area contributed by atoms with Crippen molar-refractivity contribution in [2.24, 2.45) is 5.89 Å². The number of likely N-dealkylation sites (N-methyl/N-ethyl adjacent to an activating group) is 1. The number of halogens is 1. The molecule has 2 aromatic rings. The molecule has 182 valence electrons. The van der Waals surface area contributed by atoms with Crippen LogP contribution in [0, 0.1) is 17.2 Å². The Kier molecular flexibility index (Phi) is 7.49. The van der Waals surface area contributed by atoms with Gasteiger partial charge in [-0.2, -0.15) is 5.26 Å². The van der Waals surface area contributed by atoms with Crippen molar-refractivity contribution in [2.75, 3.05) is 48.6 Å². The van der Waals surface area contributed by atoms with E-state index in [1.54, 1.807) is 27.3 Å². The zero-order chi connectivity index (χ0) is 29.6. The van der Waals surface area contributed by atoms with Gasteiger partial charge in [0.25, 0.3) is 0 Å². The molecule has 0 spiro atoms. The molecule has 7 heteroatoms. The van der Waals surface area contributed by atoms with Crippen molar-refractivity contribution in [1.82, 2.24) is 4.90 Å². The van der Waals surface area contributed by atoms with E-state index in [-0.39, 0.29) is 36.7 Å². The number of nitrogens with zero attached hydrogens (tertiary/aromatic N) is 2. The normalized spacial score (nSPS) is 16.7. The standard InChI is InChI=1S/C26H36N2O4.ClH/c1-19(2)26(18-27,21-9-11-23(30-5)25(17-21)32-7)13-15-28(3)14-12-20-8-10-22(29-4)24(16-20)31-6;/h8-11,16-17,19H,12-15H2,1-7H3;1H/i1D3,2D3,19D;. The average Bonchev–Trinajstić information content (AvgIpc) is 2.90. The lowest BCUT2D eigenvalue weighted by Gasteiger charge is -2.33. The van der Waals surface area contributed by atoms with E-state index in [0.29, 0.717) is 30.2 Å². The Hall–Kier alpha value is -2.62. The predicted molar refractivity (Wildman–Crippen MR) is 134 cm³/mol. The summed E-state index contributed by atoms with van der Waals surface area (Å²) in [5.41, 5.74) is -1.23. The molecule has 2 rings (SSSR count). The van der Waals surface area contributed by atoms with Crippen molar-refractivity contribution in [3.05, 3.63) is 47.5 Å². The maximum absolute atomic E-state index is 10.5. The molecule has 0 radical (unpaired) electrons. The highest BCUT2D eigenvalue weighted by Crippen LogP contribution is 2.39. The zero-order valence-corrected chi connectivity index (χ0v) is 20.5. The van der Waals surface area contributed by atoms with Crippen LogP contribution >= 0.6 is 12.4 Å². The van der Waals surface area contributed by atoms with Crippen LogP contribution in [0.15, 0.2) is 36.4 Å². The fraction of sp³-hybridized carbons (Fsp3) is 0.500. The van der Waals surface area contributed by atoms with Gasteiger partial charge < -0.3 is 23.8 Å². The lowest BCUT2D eigenvalue weighted by Crippen LogP contribution is -2.35. The maximum Gasteiger partial charge on any atom is 0.161 e. The fourth-order valence-electron chi connectivity index (χ4n) is 3.52. The van der Waals surface area contributed by atoms with Gasteiger partial charge in [-0.3, -0.25) is 0 Å². The minimum absolute atomic E-state index is 0. The minimum Gasteiger partial charge on any atom is -0.493 e. The summed E-state index contributed by atoms with van der Waals surface area (Å²) in [6.45, 7) is -5.99. The van der Waals surface area contributed by atoms with Gasteiger partial charge in [-0.05, 0) is 67.7 Å². The van der Waals surface area contributed by atoms with Crippen molar-refractivity contribution in [3.63, 3.8) is 0 Å². The molecule has 0 amide bonds. The zero-order valence-electron chi connectivity index (χ0n) is 26.7.